The topological polar surface area (TPSA) is 79.5 Å². The third-order valence-corrected chi connectivity index (χ3v) is 5.66. The molecule has 0 aliphatic carbocycles. The molecule has 2 aromatic carbocycles. The summed E-state index contributed by atoms with van der Waals surface area (Å²) < 4.78 is 30.3. The molecular formula is C23H22ClF2NO4. The number of aliphatic carboxylic acids is 1. The molecule has 0 aliphatic rings. The van der Waals surface area contributed by atoms with E-state index in [1.54, 1.807) is 12.1 Å². The van der Waals surface area contributed by atoms with E-state index in [0.717, 1.165) is 23.5 Å². The fraction of sp³-hybridized carbons (Fsp3) is 0.304. The monoisotopic (exact) mass is 449 g/mol. The van der Waals surface area contributed by atoms with Gasteiger partial charge in [-0.3, -0.25) is 14.2 Å². The molecule has 5 nitrogen and oxygen atoms in total. The van der Waals surface area contributed by atoms with Crippen molar-refractivity contribution in [1.29, 1.82) is 0 Å². The van der Waals surface area contributed by atoms with Gasteiger partial charge in [-0.15, -0.1) is 0 Å². The lowest BCUT2D eigenvalue weighted by molar-refractivity contribution is -0.139. The van der Waals surface area contributed by atoms with E-state index in [1.807, 2.05) is 6.92 Å². The number of hydrogen-bond donors (Lipinski definition) is 2. The first-order valence-corrected chi connectivity index (χ1v) is 10.3. The van der Waals surface area contributed by atoms with Crippen LogP contribution in [-0.4, -0.2) is 26.7 Å². The molecule has 0 saturated heterocycles. The zero-order valence-electron chi connectivity index (χ0n) is 17.1. The Morgan fingerprint density at radius 3 is 2.52 bits per heavy atom. The fourth-order valence-electron chi connectivity index (χ4n) is 3.94. The van der Waals surface area contributed by atoms with Crippen LogP contribution in [0.3, 0.4) is 0 Å². The number of carboxylic acids is 1. The van der Waals surface area contributed by atoms with Gasteiger partial charge in [-0.1, -0.05) is 43.9 Å². The summed E-state index contributed by atoms with van der Waals surface area (Å²) in [7, 11) is 0. The van der Waals surface area contributed by atoms with Crippen LogP contribution in [0.1, 0.15) is 60.1 Å². The predicted molar refractivity (Wildman–Crippen MR) is 114 cm³/mol. The second kappa shape index (κ2) is 9.06. The van der Waals surface area contributed by atoms with Crippen LogP contribution in [0.25, 0.3) is 10.9 Å². The van der Waals surface area contributed by atoms with Crippen LogP contribution >= 0.6 is 11.6 Å². The average Bonchev–Trinajstić information content (AvgIpc) is 3.00. The van der Waals surface area contributed by atoms with Gasteiger partial charge in [-0.05, 0) is 37.1 Å². The molecule has 31 heavy (non-hydrogen) atoms. The molecule has 1 atom stereocenters. The summed E-state index contributed by atoms with van der Waals surface area (Å²) >= 11 is 5.98. The van der Waals surface area contributed by atoms with E-state index in [2.05, 4.69) is 0 Å². The van der Waals surface area contributed by atoms with Crippen molar-refractivity contribution in [2.45, 2.75) is 45.4 Å². The van der Waals surface area contributed by atoms with E-state index in [-0.39, 0.29) is 34.1 Å². The van der Waals surface area contributed by atoms with Gasteiger partial charge < -0.3 is 10.2 Å². The van der Waals surface area contributed by atoms with Gasteiger partial charge in [0.1, 0.15) is 0 Å². The Kier molecular flexibility index (Phi) is 6.65. The number of halogens is 3. The minimum atomic E-state index is -1.28. The Hall–Kier alpha value is -2.93. The lowest BCUT2D eigenvalue weighted by atomic mass is 9.90. The van der Waals surface area contributed by atoms with Crippen molar-refractivity contribution in [3.05, 3.63) is 63.8 Å². The van der Waals surface area contributed by atoms with Gasteiger partial charge in [0.25, 0.3) is 5.91 Å². The maximum Gasteiger partial charge on any atom is 0.311 e. The van der Waals surface area contributed by atoms with Gasteiger partial charge in [0.05, 0.1) is 11.4 Å². The van der Waals surface area contributed by atoms with Gasteiger partial charge in [0.2, 0.25) is 0 Å². The number of carboxylic acid groups (broad SMARTS) is 1. The molecule has 0 unspecified atom stereocenters. The first-order chi connectivity index (χ1) is 14.7. The zero-order valence-corrected chi connectivity index (χ0v) is 17.8. The lowest BCUT2D eigenvalue weighted by Gasteiger charge is -2.14. The smallest absolute Gasteiger partial charge is 0.311 e. The summed E-state index contributed by atoms with van der Waals surface area (Å²) in [5, 5.41) is 19.7. The molecule has 0 bridgehead atoms. The number of phenols is 1. The van der Waals surface area contributed by atoms with Crippen LogP contribution in [0.5, 0.6) is 5.75 Å². The van der Waals surface area contributed by atoms with Gasteiger partial charge in [0.15, 0.2) is 17.4 Å². The molecule has 0 radical (unpaired) electrons. The van der Waals surface area contributed by atoms with E-state index in [4.69, 9.17) is 11.6 Å². The van der Waals surface area contributed by atoms with Crippen LogP contribution in [0.4, 0.5) is 8.78 Å². The summed E-state index contributed by atoms with van der Waals surface area (Å²) in [6.07, 6.45) is 2.44. The second-order valence-corrected chi connectivity index (χ2v) is 7.89. The Morgan fingerprint density at radius 2 is 1.90 bits per heavy atom. The SMILES string of the molecule is CCCCC[C@H](C(=O)O)c1c(C)n(C(=O)c2cccc(Cl)c2)c2cc(F)c(O)c(F)c12. The molecule has 164 valence electrons. The van der Waals surface area contributed by atoms with Crippen LogP contribution in [0.2, 0.25) is 5.02 Å². The standard InChI is InChI=1S/C23H22ClF2NO4/c1-3-4-5-9-15(23(30)31)18-12(2)27(22(29)13-7-6-8-14(24)10-13)17-11-16(25)21(28)20(26)19(17)18/h6-8,10-11,15,28H,3-5,9H2,1-2H3,(H,30,31)/t15-/m0/s1. The first-order valence-electron chi connectivity index (χ1n) is 9.93. The third-order valence-electron chi connectivity index (χ3n) is 5.43. The molecule has 3 aromatic rings. The highest BCUT2D eigenvalue weighted by Crippen LogP contribution is 2.40. The summed E-state index contributed by atoms with van der Waals surface area (Å²) in [5.74, 6) is -6.66. The van der Waals surface area contributed by atoms with Crippen molar-refractivity contribution in [3.63, 3.8) is 0 Å². The molecule has 2 N–H and O–H groups in total. The Morgan fingerprint density at radius 1 is 1.19 bits per heavy atom. The van der Waals surface area contributed by atoms with Crippen LogP contribution in [0.15, 0.2) is 30.3 Å². The first kappa shape index (κ1) is 22.7. The van der Waals surface area contributed by atoms with Gasteiger partial charge in [-0.2, -0.15) is 0 Å². The zero-order chi connectivity index (χ0) is 22.9. The molecule has 0 saturated carbocycles. The van der Waals surface area contributed by atoms with Crippen molar-refractivity contribution >= 4 is 34.4 Å². The van der Waals surface area contributed by atoms with Gasteiger partial charge in [0, 0.05) is 27.7 Å². The number of aromatic nitrogens is 1. The van der Waals surface area contributed by atoms with E-state index in [1.165, 1.54) is 19.1 Å². The lowest BCUT2D eigenvalue weighted by Crippen LogP contribution is -2.16. The van der Waals surface area contributed by atoms with Gasteiger partial charge in [-0.25, -0.2) is 8.78 Å². The van der Waals surface area contributed by atoms with E-state index < -0.39 is 35.2 Å². The van der Waals surface area contributed by atoms with Crippen LogP contribution < -0.4 is 0 Å². The number of aromatic hydroxyl groups is 1. The van der Waals surface area contributed by atoms with E-state index in [9.17, 15) is 24.2 Å². The molecule has 8 heteroatoms. The number of rotatable bonds is 7. The summed E-state index contributed by atoms with van der Waals surface area (Å²) in [6.45, 7) is 3.46. The number of nitrogens with zero attached hydrogens (tertiary/aromatic N) is 1. The summed E-state index contributed by atoms with van der Waals surface area (Å²) in [6, 6.07) is 6.91. The fourth-order valence-corrected chi connectivity index (χ4v) is 4.13. The number of unbranched alkanes of at least 4 members (excludes halogenated alkanes) is 2. The quantitative estimate of drug-likeness (QED) is 0.432. The third kappa shape index (κ3) is 4.14. The van der Waals surface area contributed by atoms with E-state index in [0.29, 0.717) is 11.4 Å². The Labute approximate surface area is 182 Å². The Balaban J connectivity index is 2.32. The summed E-state index contributed by atoms with van der Waals surface area (Å²) in [5.41, 5.74) is 0.257. The highest BCUT2D eigenvalue weighted by Gasteiger charge is 2.32. The number of carbonyl (C=O) groups excluding carboxylic acids is 1. The minimum Gasteiger partial charge on any atom is -0.503 e. The number of carbonyl (C=O) groups is 2. The maximum absolute atomic E-state index is 15.0. The summed E-state index contributed by atoms with van der Waals surface area (Å²) in [4.78, 5) is 25.3. The highest BCUT2D eigenvalue weighted by atomic mass is 35.5. The maximum atomic E-state index is 15.0. The molecule has 3 rings (SSSR count). The molecule has 1 heterocycles. The molecule has 0 aliphatic heterocycles. The second-order valence-electron chi connectivity index (χ2n) is 7.45. The number of benzene rings is 2. The van der Waals surface area contributed by atoms with E-state index >= 15 is 4.39 Å². The van der Waals surface area contributed by atoms with Crippen molar-refractivity contribution < 1.29 is 28.6 Å². The Bertz CT molecular complexity index is 1170. The molecule has 0 spiro atoms. The predicted octanol–water partition coefficient (Wildman–Crippen LogP) is 6.02. The van der Waals surface area contributed by atoms with Crippen molar-refractivity contribution in [1.82, 2.24) is 4.57 Å². The normalized spacial score (nSPS) is 12.3. The minimum absolute atomic E-state index is 0.0572. The largest absolute Gasteiger partial charge is 0.503 e. The van der Waals surface area contributed by atoms with Crippen molar-refractivity contribution in [2.75, 3.05) is 0 Å². The number of hydrogen-bond acceptors (Lipinski definition) is 3. The number of fused-ring (bicyclic) bond motifs is 1. The molecule has 0 fully saturated rings. The van der Waals surface area contributed by atoms with Crippen molar-refractivity contribution in [2.24, 2.45) is 0 Å². The molecular weight excluding hydrogens is 428 g/mol. The van der Waals surface area contributed by atoms with Gasteiger partial charge >= 0.3 is 5.97 Å². The molecule has 1 aromatic heterocycles. The van der Waals surface area contributed by atoms with Crippen molar-refractivity contribution in [3.8, 4) is 5.75 Å². The number of phenolic OH excluding ortho intramolecular Hbond substituents is 1. The highest BCUT2D eigenvalue weighted by molar-refractivity contribution is 6.31. The average molecular weight is 450 g/mol. The van der Waals surface area contributed by atoms with Crippen LogP contribution in [-0.2, 0) is 4.79 Å². The van der Waals surface area contributed by atoms with Crippen LogP contribution in [0, 0.1) is 18.6 Å². The molecule has 0 amide bonds.